The maximum atomic E-state index is 13.8. The predicted molar refractivity (Wildman–Crippen MR) is 86.1 cm³/mol. The SMILES string of the molecule is C[C@@H]1Cc2c(C(=O)N3CCc4c(F)cccc4C3)n[nH]c2[C@H](C)O1. The van der Waals surface area contributed by atoms with E-state index in [4.69, 9.17) is 4.74 Å². The predicted octanol–water partition coefficient (Wildman–Crippen LogP) is 2.77. The zero-order valence-corrected chi connectivity index (χ0v) is 13.8. The van der Waals surface area contributed by atoms with Crippen LogP contribution in [0.15, 0.2) is 18.2 Å². The Morgan fingerprint density at radius 1 is 1.38 bits per heavy atom. The number of nitrogens with zero attached hydrogens (tertiary/aromatic N) is 2. The second-order valence-corrected chi connectivity index (χ2v) is 6.61. The van der Waals surface area contributed by atoms with Crippen molar-refractivity contribution in [1.82, 2.24) is 15.1 Å². The minimum atomic E-state index is -0.184. The highest BCUT2D eigenvalue weighted by atomic mass is 19.1. The van der Waals surface area contributed by atoms with Crippen LogP contribution in [0.2, 0.25) is 0 Å². The molecule has 1 aromatic carbocycles. The molecule has 0 saturated carbocycles. The standard InChI is InChI=1S/C18H20FN3O2/c1-10-8-14-16(11(2)24-10)20-21-17(14)18(23)22-7-6-13-12(9-22)4-3-5-15(13)19/h3-5,10-11H,6-9H2,1-2H3,(H,20,21)/t10-,11+/m1/s1. The Morgan fingerprint density at radius 3 is 3.04 bits per heavy atom. The van der Waals surface area contributed by atoms with Crippen molar-refractivity contribution in [2.75, 3.05) is 6.54 Å². The van der Waals surface area contributed by atoms with E-state index in [1.807, 2.05) is 19.9 Å². The van der Waals surface area contributed by atoms with Crippen molar-refractivity contribution >= 4 is 5.91 Å². The molecule has 1 N–H and O–H groups in total. The zero-order chi connectivity index (χ0) is 16.8. The Balaban J connectivity index is 1.62. The number of carbonyl (C=O) groups excluding carboxylic acids is 1. The lowest BCUT2D eigenvalue weighted by molar-refractivity contribution is -0.00702. The molecule has 0 aliphatic carbocycles. The number of amides is 1. The molecule has 0 bridgehead atoms. The molecule has 0 saturated heterocycles. The van der Waals surface area contributed by atoms with Gasteiger partial charge in [0.05, 0.1) is 17.9 Å². The molecule has 0 unspecified atom stereocenters. The van der Waals surface area contributed by atoms with Crippen LogP contribution in [0.25, 0.3) is 0 Å². The molecular formula is C18H20FN3O2. The number of hydrogen-bond donors (Lipinski definition) is 1. The van der Waals surface area contributed by atoms with Gasteiger partial charge in [0, 0.05) is 25.1 Å². The van der Waals surface area contributed by atoms with E-state index in [1.54, 1.807) is 11.0 Å². The van der Waals surface area contributed by atoms with Crippen LogP contribution >= 0.6 is 0 Å². The van der Waals surface area contributed by atoms with Crippen molar-refractivity contribution in [2.24, 2.45) is 0 Å². The molecule has 0 fully saturated rings. The molecule has 2 aliphatic heterocycles. The Bertz CT molecular complexity index is 802. The number of hydrogen-bond acceptors (Lipinski definition) is 3. The van der Waals surface area contributed by atoms with Crippen LogP contribution in [-0.4, -0.2) is 33.7 Å². The lowest BCUT2D eigenvalue weighted by atomic mass is 9.97. The summed E-state index contributed by atoms with van der Waals surface area (Å²) in [6.07, 6.45) is 1.19. The van der Waals surface area contributed by atoms with Gasteiger partial charge in [0.2, 0.25) is 0 Å². The topological polar surface area (TPSA) is 58.2 Å². The molecule has 2 atom stereocenters. The Hall–Kier alpha value is -2.21. The summed E-state index contributed by atoms with van der Waals surface area (Å²) in [6, 6.07) is 5.05. The largest absolute Gasteiger partial charge is 0.369 e. The van der Waals surface area contributed by atoms with Gasteiger partial charge in [-0.05, 0) is 37.5 Å². The fourth-order valence-corrected chi connectivity index (χ4v) is 3.74. The molecule has 126 valence electrons. The molecule has 2 aromatic rings. The fraction of sp³-hybridized carbons (Fsp3) is 0.444. The van der Waals surface area contributed by atoms with Crippen molar-refractivity contribution in [3.05, 3.63) is 52.1 Å². The summed E-state index contributed by atoms with van der Waals surface area (Å²) in [6.45, 7) is 4.90. The highest BCUT2D eigenvalue weighted by Gasteiger charge is 2.32. The number of ether oxygens (including phenoxy) is 1. The van der Waals surface area contributed by atoms with Gasteiger partial charge in [0.15, 0.2) is 5.69 Å². The quantitative estimate of drug-likeness (QED) is 0.875. The van der Waals surface area contributed by atoms with Crippen molar-refractivity contribution < 1.29 is 13.9 Å². The number of fused-ring (bicyclic) bond motifs is 2. The monoisotopic (exact) mass is 329 g/mol. The molecule has 6 heteroatoms. The van der Waals surface area contributed by atoms with Gasteiger partial charge in [-0.1, -0.05) is 12.1 Å². The van der Waals surface area contributed by atoms with Gasteiger partial charge in [-0.15, -0.1) is 0 Å². The van der Waals surface area contributed by atoms with Crippen LogP contribution in [0.3, 0.4) is 0 Å². The van der Waals surface area contributed by atoms with E-state index in [9.17, 15) is 9.18 Å². The van der Waals surface area contributed by atoms with E-state index in [0.717, 1.165) is 22.4 Å². The van der Waals surface area contributed by atoms with Gasteiger partial charge >= 0.3 is 0 Å². The minimum Gasteiger partial charge on any atom is -0.369 e. The van der Waals surface area contributed by atoms with E-state index in [0.29, 0.717) is 31.6 Å². The van der Waals surface area contributed by atoms with Crippen molar-refractivity contribution in [1.29, 1.82) is 0 Å². The molecule has 24 heavy (non-hydrogen) atoms. The Labute approximate surface area is 139 Å². The number of H-pyrrole nitrogens is 1. The molecule has 2 aliphatic rings. The highest BCUT2D eigenvalue weighted by molar-refractivity contribution is 5.94. The summed E-state index contributed by atoms with van der Waals surface area (Å²) < 4.78 is 19.6. The second kappa shape index (κ2) is 5.70. The van der Waals surface area contributed by atoms with Crippen molar-refractivity contribution in [3.63, 3.8) is 0 Å². The molecule has 5 nitrogen and oxygen atoms in total. The Morgan fingerprint density at radius 2 is 2.21 bits per heavy atom. The summed E-state index contributed by atoms with van der Waals surface area (Å²) in [5.74, 6) is -0.278. The van der Waals surface area contributed by atoms with Crippen LogP contribution in [0.4, 0.5) is 4.39 Å². The van der Waals surface area contributed by atoms with Crippen LogP contribution in [0, 0.1) is 5.82 Å². The van der Waals surface area contributed by atoms with Gasteiger partial charge in [-0.2, -0.15) is 5.10 Å². The van der Waals surface area contributed by atoms with E-state index < -0.39 is 0 Å². The summed E-state index contributed by atoms with van der Waals surface area (Å²) in [5.41, 5.74) is 3.92. The third kappa shape index (κ3) is 2.41. The normalized spacial score (nSPS) is 22.9. The number of halogens is 1. The van der Waals surface area contributed by atoms with Gasteiger partial charge in [0.25, 0.3) is 5.91 Å². The van der Waals surface area contributed by atoms with Crippen LogP contribution in [0.5, 0.6) is 0 Å². The maximum Gasteiger partial charge on any atom is 0.274 e. The lowest BCUT2D eigenvalue weighted by Crippen LogP contribution is -2.37. The lowest BCUT2D eigenvalue weighted by Gasteiger charge is -2.29. The first kappa shape index (κ1) is 15.3. The number of aromatic nitrogens is 2. The second-order valence-electron chi connectivity index (χ2n) is 6.61. The van der Waals surface area contributed by atoms with Crippen molar-refractivity contribution in [3.8, 4) is 0 Å². The molecule has 1 aromatic heterocycles. The molecule has 1 amide bonds. The molecular weight excluding hydrogens is 309 g/mol. The van der Waals surface area contributed by atoms with E-state index in [1.165, 1.54) is 6.07 Å². The number of carbonyl (C=O) groups is 1. The summed E-state index contributed by atoms with van der Waals surface area (Å²) >= 11 is 0. The maximum absolute atomic E-state index is 13.8. The summed E-state index contributed by atoms with van der Waals surface area (Å²) in [7, 11) is 0. The van der Waals surface area contributed by atoms with Crippen molar-refractivity contribution in [2.45, 2.75) is 45.4 Å². The number of rotatable bonds is 1. The number of nitrogens with one attached hydrogen (secondary N) is 1. The third-order valence-corrected chi connectivity index (χ3v) is 4.93. The van der Waals surface area contributed by atoms with Gasteiger partial charge < -0.3 is 9.64 Å². The van der Waals surface area contributed by atoms with Crippen LogP contribution in [0.1, 0.15) is 52.8 Å². The zero-order valence-electron chi connectivity index (χ0n) is 13.8. The average Bonchev–Trinajstić information content (AvgIpc) is 2.98. The first-order valence-corrected chi connectivity index (χ1v) is 8.32. The first-order valence-electron chi connectivity index (χ1n) is 8.32. The van der Waals surface area contributed by atoms with E-state index in [2.05, 4.69) is 10.2 Å². The highest BCUT2D eigenvalue weighted by Crippen LogP contribution is 2.31. The smallest absolute Gasteiger partial charge is 0.274 e. The minimum absolute atomic E-state index is 0.0628. The van der Waals surface area contributed by atoms with E-state index in [-0.39, 0.29) is 23.9 Å². The summed E-state index contributed by atoms with van der Waals surface area (Å²) in [5, 5.41) is 7.22. The number of aromatic amines is 1. The number of benzene rings is 1. The van der Waals surface area contributed by atoms with Gasteiger partial charge in [-0.3, -0.25) is 9.89 Å². The summed E-state index contributed by atoms with van der Waals surface area (Å²) in [4.78, 5) is 14.7. The van der Waals surface area contributed by atoms with Crippen LogP contribution in [-0.2, 0) is 24.1 Å². The molecule has 4 rings (SSSR count). The average molecular weight is 329 g/mol. The molecule has 0 radical (unpaired) electrons. The third-order valence-electron chi connectivity index (χ3n) is 4.93. The van der Waals surface area contributed by atoms with E-state index >= 15 is 0 Å². The Kier molecular flexibility index (Phi) is 3.64. The molecule has 3 heterocycles. The first-order chi connectivity index (χ1) is 11.5. The van der Waals surface area contributed by atoms with Gasteiger partial charge in [-0.25, -0.2) is 4.39 Å². The fourth-order valence-electron chi connectivity index (χ4n) is 3.74. The molecule has 0 spiro atoms. The van der Waals surface area contributed by atoms with Gasteiger partial charge in [0.1, 0.15) is 5.82 Å². The van der Waals surface area contributed by atoms with Crippen LogP contribution < -0.4 is 0 Å².